The van der Waals surface area contributed by atoms with Crippen LogP contribution in [0.3, 0.4) is 0 Å². The van der Waals surface area contributed by atoms with E-state index in [1.165, 1.54) is 25.9 Å². The Bertz CT molecular complexity index is 167. The lowest BCUT2D eigenvalue weighted by Crippen LogP contribution is -2.35. The molecule has 3 nitrogen and oxygen atoms in total. The highest BCUT2D eigenvalue weighted by Gasteiger charge is 2.18. The van der Waals surface area contributed by atoms with Crippen molar-refractivity contribution in [3.63, 3.8) is 0 Å². The van der Waals surface area contributed by atoms with Gasteiger partial charge in [-0.1, -0.05) is 6.92 Å². The van der Waals surface area contributed by atoms with Crippen LogP contribution in [0.15, 0.2) is 0 Å². The molecule has 1 aliphatic heterocycles. The molecule has 1 atom stereocenters. The first kappa shape index (κ1) is 13.9. The highest BCUT2D eigenvalue weighted by Crippen LogP contribution is 2.17. The van der Waals surface area contributed by atoms with E-state index in [4.69, 9.17) is 4.74 Å². The van der Waals surface area contributed by atoms with Gasteiger partial charge in [0.15, 0.2) is 0 Å². The van der Waals surface area contributed by atoms with E-state index in [0.29, 0.717) is 0 Å². The molecule has 1 saturated heterocycles. The summed E-state index contributed by atoms with van der Waals surface area (Å²) in [6, 6.07) is 0. The van der Waals surface area contributed by atoms with Gasteiger partial charge in [0, 0.05) is 13.7 Å². The molecular weight excluding hydrogens is 202 g/mol. The Hall–Kier alpha value is -0.120. The summed E-state index contributed by atoms with van der Waals surface area (Å²) in [6.45, 7) is 6.52. The van der Waals surface area contributed by atoms with Gasteiger partial charge in [-0.2, -0.15) is 0 Å². The van der Waals surface area contributed by atoms with Gasteiger partial charge >= 0.3 is 0 Å². The SMILES string of the molecule is CCC(O)CCCN1CCC(COC)CC1. The number of aliphatic hydroxyl groups excluding tert-OH is 1. The summed E-state index contributed by atoms with van der Waals surface area (Å²) < 4.78 is 5.19. The maximum Gasteiger partial charge on any atom is 0.0538 e. The minimum atomic E-state index is -0.0916. The summed E-state index contributed by atoms with van der Waals surface area (Å²) in [7, 11) is 1.79. The second-order valence-electron chi connectivity index (χ2n) is 4.94. The number of hydrogen-bond acceptors (Lipinski definition) is 3. The van der Waals surface area contributed by atoms with Crippen LogP contribution in [-0.4, -0.2) is 49.5 Å². The summed E-state index contributed by atoms with van der Waals surface area (Å²) >= 11 is 0. The number of piperidine rings is 1. The predicted molar refractivity (Wildman–Crippen MR) is 66.6 cm³/mol. The normalized spacial score (nSPS) is 21.2. The third kappa shape index (κ3) is 5.28. The van der Waals surface area contributed by atoms with E-state index in [1.54, 1.807) is 7.11 Å². The van der Waals surface area contributed by atoms with Crippen LogP contribution < -0.4 is 0 Å². The second kappa shape index (κ2) is 8.04. The number of nitrogens with zero attached hydrogens (tertiary/aromatic N) is 1. The maximum absolute atomic E-state index is 9.46. The van der Waals surface area contributed by atoms with Crippen molar-refractivity contribution < 1.29 is 9.84 Å². The third-order valence-electron chi connectivity index (χ3n) is 3.59. The van der Waals surface area contributed by atoms with Gasteiger partial charge in [0.2, 0.25) is 0 Å². The van der Waals surface area contributed by atoms with Crippen molar-refractivity contribution >= 4 is 0 Å². The third-order valence-corrected chi connectivity index (χ3v) is 3.59. The summed E-state index contributed by atoms with van der Waals surface area (Å²) in [4.78, 5) is 2.52. The Balaban J connectivity index is 2.03. The highest BCUT2D eigenvalue weighted by atomic mass is 16.5. The number of ether oxygens (including phenoxy) is 1. The van der Waals surface area contributed by atoms with Crippen LogP contribution >= 0.6 is 0 Å². The quantitative estimate of drug-likeness (QED) is 0.723. The number of hydrogen-bond donors (Lipinski definition) is 1. The second-order valence-corrected chi connectivity index (χ2v) is 4.94. The zero-order chi connectivity index (χ0) is 11.8. The molecule has 1 N–H and O–H groups in total. The van der Waals surface area contributed by atoms with Crippen molar-refractivity contribution in [2.75, 3.05) is 33.4 Å². The fourth-order valence-corrected chi connectivity index (χ4v) is 2.37. The van der Waals surface area contributed by atoms with Crippen LogP contribution in [0.25, 0.3) is 0 Å². The fourth-order valence-electron chi connectivity index (χ4n) is 2.37. The molecule has 96 valence electrons. The minimum absolute atomic E-state index is 0.0916. The molecule has 0 bridgehead atoms. The van der Waals surface area contributed by atoms with Gasteiger partial charge in [-0.15, -0.1) is 0 Å². The predicted octanol–water partition coefficient (Wildman–Crippen LogP) is 1.90. The summed E-state index contributed by atoms with van der Waals surface area (Å²) in [5.41, 5.74) is 0. The first-order valence-corrected chi connectivity index (χ1v) is 6.65. The largest absolute Gasteiger partial charge is 0.393 e. The zero-order valence-electron chi connectivity index (χ0n) is 10.8. The van der Waals surface area contributed by atoms with E-state index in [-0.39, 0.29) is 6.10 Å². The first-order chi connectivity index (χ1) is 7.76. The molecule has 1 heterocycles. The molecule has 0 aromatic carbocycles. The van der Waals surface area contributed by atoms with Crippen LogP contribution in [0.2, 0.25) is 0 Å². The Kier molecular flexibility index (Phi) is 7.01. The van der Waals surface area contributed by atoms with E-state index in [9.17, 15) is 5.11 Å². The van der Waals surface area contributed by atoms with Crippen molar-refractivity contribution in [1.82, 2.24) is 4.90 Å². The number of aliphatic hydroxyl groups is 1. The van der Waals surface area contributed by atoms with Gasteiger partial charge in [-0.05, 0) is 57.7 Å². The molecule has 16 heavy (non-hydrogen) atoms. The summed E-state index contributed by atoms with van der Waals surface area (Å²) in [6.07, 6.45) is 5.41. The van der Waals surface area contributed by atoms with Crippen LogP contribution in [0.1, 0.15) is 39.0 Å². The van der Waals surface area contributed by atoms with Gasteiger partial charge in [-0.25, -0.2) is 0 Å². The van der Waals surface area contributed by atoms with Gasteiger partial charge < -0.3 is 14.7 Å². The smallest absolute Gasteiger partial charge is 0.0538 e. The monoisotopic (exact) mass is 229 g/mol. The molecule has 1 unspecified atom stereocenters. The van der Waals surface area contributed by atoms with E-state index < -0.39 is 0 Å². The number of methoxy groups -OCH3 is 1. The fraction of sp³-hybridized carbons (Fsp3) is 1.00. The molecule has 0 aromatic rings. The molecule has 0 spiro atoms. The summed E-state index contributed by atoms with van der Waals surface area (Å²) in [5.74, 6) is 0.766. The Morgan fingerprint density at radius 1 is 1.38 bits per heavy atom. The molecule has 1 aliphatic rings. The van der Waals surface area contributed by atoms with Crippen molar-refractivity contribution in [3.8, 4) is 0 Å². The van der Waals surface area contributed by atoms with Gasteiger partial charge in [-0.3, -0.25) is 0 Å². The lowest BCUT2D eigenvalue weighted by molar-refractivity contribution is 0.0947. The van der Waals surface area contributed by atoms with Gasteiger partial charge in [0.1, 0.15) is 0 Å². The molecule has 3 heteroatoms. The lowest BCUT2D eigenvalue weighted by atomic mass is 9.97. The van der Waals surface area contributed by atoms with Gasteiger partial charge in [0.25, 0.3) is 0 Å². The number of likely N-dealkylation sites (tertiary alicyclic amines) is 1. The summed E-state index contributed by atoms with van der Waals surface area (Å²) in [5, 5.41) is 9.46. The standard InChI is InChI=1S/C13H27NO2/c1-3-13(15)5-4-8-14-9-6-12(7-10-14)11-16-2/h12-13,15H,3-11H2,1-2H3. The van der Waals surface area contributed by atoms with Crippen LogP contribution in [-0.2, 0) is 4.74 Å². The molecule has 0 saturated carbocycles. The molecular formula is C13H27NO2. The maximum atomic E-state index is 9.46. The highest BCUT2D eigenvalue weighted by molar-refractivity contribution is 4.72. The van der Waals surface area contributed by atoms with E-state index in [1.807, 2.05) is 6.92 Å². The Labute approximate surface area is 99.8 Å². The van der Waals surface area contributed by atoms with Gasteiger partial charge in [0.05, 0.1) is 6.10 Å². The Morgan fingerprint density at radius 3 is 2.62 bits per heavy atom. The minimum Gasteiger partial charge on any atom is -0.393 e. The zero-order valence-corrected chi connectivity index (χ0v) is 10.8. The molecule has 1 rings (SSSR count). The average Bonchev–Trinajstić information content (AvgIpc) is 2.31. The number of rotatable bonds is 7. The molecule has 0 aliphatic carbocycles. The molecule has 0 aromatic heterocycles. The van der Waals surface area contributed by atoms with Crippen LogP contribution in [0, 0.1) is 5.92 Å². The van der Waals surface area contributed by atoms with E-state index in [2.05, 4.69) is 4.90 Å². The van der Waals surface area contributed by atoms with Crippen LogP contribution in [0.5, 0.6) is 0 Å². The Morgan fingerprint density at radius 2 is 2.06 bits per heavy atom. The average molecular weight is 229 g/mol. The van der Waals surface area contributed by atoms with Crippen molar-refractivity contribution in [1.29, 1.82) is 0 Å². The first-order valence-electron chi connectivity index (χ1n) is 6.65. The van der Waals surface area contributed by atoms with Crippen molar-refractivity contribution in [3.05, 3.63) is 0 Å². The van der Waals surface area contributed by atoms with Crippen molar-refractivity contribution in [2.24, 2.45) is 5.92 Å². The molecule has 0 amide bonds. The molecule has 0 radical (unpaired) electrons. The molecule has 1 fully saturated rings. The lowest BCUT2D eigenvalue weighted by Gasteiger charge is -2.31. The van der Waals surface area contributed by atoms with E-state index in [0.717, 1.165) is 38.3 Å². The van der Waals surface area contributed by atoms with Crippen molar-refractivity contribution in [2.45, 2.75) is 45.1 Å². The van der Waals surface area contributed by atoms with E-state index >= 15 is 0 Å². The topological polar surface area (TPSA) is 32.7 Å². The van der Waals surface area contributed by atoms with Crippen LogP contribution in [0.4, 0.5) is 0 Å².